The number of hydrogen-bond donors (Lipinski definition) is 2. The van der Waals surface area contributed by atoms with Gasteiger partial charge in [0.25, 0.3) is 5.56 Å². The van der Waals surface area contributed by atoms with E-state index in [0.29, 0.717) is 26.3 Å². The number of nitrogens with zero attached hydrogens (tertiary/aromatic N) is 2. The van der Waals surface area contributed by atoms with Crippen LogP contribution in [0.2, 0.25) is 0 Å². The van der Waals surface area contributed by atoms with Gasteiger partial charge in [-0.25, -0.2) is 0 Å². The summed E-state index contributed by atoms with van der Waals surface area (Å²) in [4.78, 5) is 11.2. The molecule has 0 spiro atoms. The van der Waals surface area contributed by atoms with Gasteiger partial charge in [-0.15, -0.1) is 0 Å². The van der Waals surface area contributed by atoms with E-state index in [1.54, 1.807) is 10.1 Å². The first-order valence-corrected chi connectivity index (χ1v) is 5.23. The third-order valence-corrected chi connectivity index (χ3v) is 2.44. The Labute approximate surface area is 99.4 Å². The standard InChI is InChI=1S/C9H11F3N4O2/c10-9(11,12)7-6(8(17)15-14-7)5-13-16-1-3-18-4-2-16/h5H,1-4H2,(H2,14,15,17)/b13-5+. The lowest BCUT2D eigenvalue weighted by molar-refractivity contribution is -0.141. The molecule has 6 nitrogen and oxygen atoms in total. The monoisotopic (exact) mass is 264 g/mol. The zero-order chi connectivity index (χ0) is 13.2. The molecule has 1 aliphatic rings. The molecular formula is C9H11F3N4O2. The lowest BCUT2D eigenvalue weighted by Crippen LogP contribution is -2.32. The average Bonchev–Trinajstić information content (AvgIpc) is 2.69. The highest BCUT2D eigenvalue weighted by Gasteiger charge is 2.36. The summed E-state index contributed by atoms with van der Waals surface area (Å²) in [6.07, 6.45) is -3.70. The molecular weight excluding hydrogens is 253 g/mol. The van der Waals surface area contributed by atoms with E-state index in [0.717, 1.165) is 6.21 Å². The van der Waals surface area contributed by atoms with E-state index in [-0.39, 0.29) is 0 Å². The SMILES string of the molecule is O=c1[nH][nH]c(C(F)(F)F)c1/C=N/N1CCOCC1. The second kappa shape index (κ2) is 4.84. The van der Waals surface area contributed by atoms with Crippen molar-refractivity contribution in [1.29, 1.82) is 0 Å². The molecule has 1 aromatic heterocycles. The molecule has 0 aliphatic carbocycles. The van der Waals surface area contributed by atoms with Crippen molar-refractivity contribution in [2.75, 3.05) is 26.3 Å². The maximum Gasteiger partial charge on any atom is 0.433 e. The summed E-state index contributed by atoms with van der Waals surface area (Å²) in [7, 11) is 0. The summed E-state index contributed by atoms with van der Waals surface area (Å²) in [6.45, 7) is 1.90. The molecule has 2 heterocycles. The fourth-order valence-corrected chi connectivity index (χ4v) is 1.52. The van der Waals surface area contributed by atoms with Crippen LogP contribution in [0.15, 0.2) is 9.90 Å². The topological polar surface area (TPSA) is 73.5 Å². The highest BCUT2D eigenvalue weighted by molar-refractivity contribution is 5.80. The Morgan fingerprint density at radius 1 is 1.28 bits per heavy atom. The highest BCUT2D eigenvalue weighted by Crippen LogP contribution is 2.28. The summed E-state index contributed by atoms with van der Waals surface area (Å²) >= 11 is 0. The zero-order valence-corrected chi connectivity index (χ0v) is 9.25. The highest BCUT2D eigenvalue weighted by atomic mass is 19.4. The van der Waals surface area contributed by atoms with E-state index in [9.17, 15) is 18.0 Å². The van der Waals surface area contributed by atoms with E-state index in [4.69, 9.17) is 4.74 Å². The molecule has 1 aromatic rings. The number of H-pyrrole nitrogens is 2. The third-order valence-electron chi connectivity index (χ3n) is 2.44. The Kier molecular flexibility index (Phi) is 3.41. The number of aromatic nitrogens is 2. The van der Waals surface area contributed by atoms with E-state index in [2.05, 4.69) is 5.10 Å². The smallest absolute Gasteiger partial charge is 0.378 e. The van der Waals surface area contributed by atoms with Crippen LogP contribution in [-0.2, 0) is 10.9 Å². The summed E-state index contributed by atoms with van der Waals surface area (Å²) in [5.74, 6) is 0. The molecule has 0 aromatic carbocycles. The van der Waals surface area contributed by atoms with Crippen molar-refractivity contribution in [3.05, 3.63) is 21.6 Å². The quantitative estimate of drug-likeness (QED) is 0.759. The van der Waals surface area contributed by atoms with Crippen LogP contribution >= 0.6 is 0 Å². The van der Waals surface area contributed by atoms with Crippen molar-refractivity contribution in [3.8, 4) is 0 Å². The number of morpholine rings is 1. The largest absolute Gasteiger partial charge is 0.433 e. The lowest BCUT2D eigenvalue weighted by Gasteiger charge is -2.23. The molecule has 1 fully saturated rings. The maximum absolute atomic E-state index is 12.5. The van der Waals surface area contributed by atoms with Gasteiger partial charge in [0.1, 0.15) is 0 Å². The molecule has 9 heteroatoms. The number of hydrazone groups is 1. The number of alkyl halides is 3. The van der Waals surface area contributed by atoms with Crippen LogP contribution in [-0.4, -0.2) is 47.7 Å². The summed E-state index contributed by atoms with van der Waals surface area (Å²) in [5.41, 5.74) is -2.49. The Balaban J connectivity index is 2.20. The molecule has 2 rings (SSSR count). The minimum Gasteiger partial charge on any atom is -0.378 e. The minimum atomic E-state index is -4.62. The number of ether oxygens (including phenoxy) is 1. The van der Waals surface area contributed by atoms with E-state index in [1.165, 1.54) is 0 Å². The van der Waals surface area contributed by atoms with Crippen LogP contribution in [0, 0.1) is 0 Å². The minimum absolute atomic E-state index is 0.465. The van der Waals surface area contributed by atoms with Crippen LogP contribution in [0.4, 0.5) is 13.2 Å². The first kappa shape index (κ1) is 12.7. The van der Waals surface area contributed by atoms with Crippen LogP contribution in [0.5, 0.6) is 0 Å². The summed E-state index contributed by atoms with van der Waals surface area (Å²) < 4.78 is 42.7. The second-order valence-corrected chi connectivity index (χ2v) is 3.68. The summed E-state index contributed by atoms with van der Waals surface area (Å²) in [6, 6.07) is 0. The first-order chi connectivity index (χ1) is 8.48. The van der Waals surface area contributed by atoms with Crippen LogP contribution < -0.4 is 5.56 Å². The fraction of sp³-hybridized carbons (Fsp3) is 0.556. The van der Waals surface area contributed by atoms with Crippen LogP contribution in [0.25, 0.3) is 0 Å². The Morgan fingerprint density at radius 3 is 2.56 bits per heavy atom. The second-order valence-electron chi connectivity index (χ2n) is 3.68. The van der Waals surface area contributed by atoms with E-state index in [1.807, 2.05) is 5.10 Å². The van der Waals surface area contributed by atoms with Gasteiger partial charge in [0.15, 0.2) is 5.69 Å². The molecule has 100 valence electrons. The number of nitrogens with one attached hydrogen (secondary N) is 2. The third kappa shape index (κ3) is 2.73. The van der Waals surface area contributed by atoms with Crippen molar-refractivity contribution in [2.24, 2.45) is 5.10 Å². The Hall–Kier alpha value is -1.77. The average molecular weight is 264 g/mol. The molecule has 0 bridgehead atoms. The van der Waals surface area contributed by atoms with Crippen molar-refractivity contribution in [2.45, 2.75) is 6.18 Å². The predicted molar refractivity (Wildman–Crippen MR) is 56.4 cm³/mol. The number of halogens is 3. The van der Waals surface area contributed by atoms with Crippen molar-refractivity contribution in [3.63, 3.8) is 0 Å². The molecule has 0 saturated carbocycles. The Bertz CT molecular complexity index is 485. The van der Waals surface area contributed by atoms with Gasteiger partial charge in [0.05, 0.1) is 38.1 Å². The lowest BCUT2D eigenvalue weighted by atomic mass is 10.2. The van der Waals surface area contributed by atoms with Gasteiger partial charge in [-0.1, -0.05) is 0 Å². The zero-order valence-electron chi connectivity index (χ0n) is 9.25. The van der Waals surface area contributed by atoms with Gasteiger partial charge in [-0.3, -0.25) is 20.0 Å². The molecule has 18 heavy (non-hydrogen) atoms. The van der Waals surface area contributed by atoms with E-state index >= 15 is 0 Å². The molecule has 2 N–H and O–H groups in total. The Morgan fingerprint density at radius 2 is 1.94 bits per heavy atom. The molecule has 0 unspecified atom stereocenters. The van der Waals surface area contributed by atoms with Crippen LogP contribution in [0.3, 0.4) is 0 Å². The van der Waals surface area contributed by atoms with Crippen molar-refractivity contribution < 1.29 is 17.9 Å². The van der Waals surface area contributed by atoms with Gasteiger partial charge in [0.2, 0.25) is 0 Å². The maximum atomic E-state index is 12.5. The van der Waals surface area contributed by atoms with Gasteiger partial charge in [-0.05, 0) is 0 Å². The van der Waals surface area contributed by atoms with Gasteiger partial charge in [0, 0.05) is 0 Å². The normalized spacial score (nSPS) is 17.6. The number of hydrogen-bond acceptors (Lipinski definition) is 4. The van der Waals surface area contributed by atoms with Crippen molar-refractivity contribution in [1.82, 2.24) is 15.2 Å². The molecule has 1 aliphatic heterocycles. The summed E-state index contributed by atoms with van der Waals surface area (Å²) in [5, 5.41) is 9.10. The van der Waals surface area contributed by atoms with Crippen LogP contribution in [0.1, 0.15) is 11.3 Å². The van der Waals surface area contributed by atoms with Gasteiger partial charge < -0.3 is 4.74 Å². The molecule has 1 saturated heterocycles. The molecule has 0 atom stereocenters. The van der Waals surface area contributed by atoms with E-state index < -0.39 is 23.0 Å². The molecule has 0 radical (unpaired) electrons. The molecule has 0 amide bonds. The van der Waals surface area contributed by atoms with Crippen molar-refractivity contribution >= 4 is 6.21 Å². The fourth-order valence-electron chi connectivity index (χ4n) is 1.52. The van der Waals surface area contributed by atoms with Gasteiger partial charge in [-0.2, -0.15) is 18.3 Å². The first-order valence-electron chi connectivity index (χ1n) is 5.23. The predicted octanol–water partition coefficient (Wildman–Crippen LogP) is 0.388. The number of aromatic amines is 2. The van der Waals surface area contributed by atoms with Gasteiger partial charge >= 0.3 is 6.18 Å². The number of rotatable bonds is 2.